The summed E-state index contributed by atoms with van der Waals surface area (Å²) in [6, 6.07) is 27.8. The minimum Gasteiger partial charge on any atom is -0.367 e. The Morgan fingerprint density at radius 1 is 0.875 bits per heavy atom. The van der Waals surface area contributed by atoms with Gasteiger partial charge in [-0.15, -0.1) is 0 Å². The van der Waals surface area contributed by atoms with Crippen LogP contribution in [0.2, 0.25) is 5.02 Å². The van der Waals surface area contributed by atoms with Crippen molar-refractivity contribution in [1.29, 1.82) is 0 Å². The molecule has 0 aliphatic carbocycles. The second kappa shape index (κ2) is 11.1. The quantitative estimate of drug-likeness (QED) is 0.532. The number of hydrogen-bond donors (Lipinski definition) is 1. The molecule has 166 valence electrons. The van der Waals surface area contributed by atoms with Crippen molar-refractivity contribution in [3.63, 3.8) is 0 Å². The van der Waals surface area contributed by atoms with E-state index < -0.39 is 0 Å². The Bertz CT molecular complexity index is 953. The summed E-state index contributed by atoms with van der Waals surface area (Å²) in [6.07, 6.45) is -0.0813. The maximum atomic E-state index is 12.5. The molecule has 3 aromatic carbocycles. The summed E-state index contributed by atoms with van der Waals surface area (Å²) < 4.78 is 6.33. The number of rotatable bonds is 7. The van der Waals surface area contributed by atoms with Gasteiger partial charge in [-0.25, -0.2) is 4.79 Å². The molecule has 1 aliphatic rings. The molecule has 1 N–H and O–H groups in total. The van der Waals surface area contributed by atoms with E-state index in [0.29, 0.717) is 30.4 Å². The van der Waals surface area contributed by atoms with E-state index in [-0.39, 0.29) is 12.1 Å². The molecule has 2 amide bonds. The van der Waals surface area contributed by atoms with Gasteiger partial charge in [-0.2, -0.15) is 0 Å². The van der Waals surface area contributed by atoms with Crippen LogP contribution in [-0.2, 0) is 4.74 Å². The molecule has 1 fully saturated rings. The molecule has 3 aromatic rings. The van der Waals surface area contributed by atoms with E-state index >= 15 is 0 Å². The van der Waals surface area contributed by atoms with Crippen LogP contribution in [0.1, 0.15) is 17.2 Å². The van der Waals surface area contributed by atoms with Crippen LogP contribution in [-0.4, -0.2) is 55.2 Å². The number of carbonyl (C=O) groups is 1. The summed E-state index contributed by atoms with van der Waals surface area (Å²) in [5, 5.41) is 3.53. The van der Waals surface area contributed by atoms with Crippen LogP contribution in [0, 0.1) is 0 Å². The lowest BCUT2D eigenvalue weighted by atomic mass is 10.0. The fraction of sp³-hybridized carbons (Fsp3) is 0.269. The number of halogens is 1. The number of carbonyl (C=O) groups excluding carboxylic acids is 1. The molecule has 0 radical (unpaired) electrons. The predicted molar refractivity (Wildman–Crippen MR) is 129 cm³/mol. The maximum Gasteiger partial charge on any atom is 0.321 e. The number of anilines is 1. The van der Waals surface area contributed by atoms with Gasteiger partial charge in [0, 0.05) is 43.4 Å². The zero-order valence-electron chi connectivity index (χ0n) is 18.0. The highest BCUT2D eigenvalue weighted by Gasteiger charge is 2.22. The van der Waals surface area contributed by atoms with Gasteiger partial charge in [0.1, 0.15) is 6.10 Å². The van der Waals surface area contributed by atoms with Gasteiger partial charge in [0.15, 0.2) is 0 Å². The lowest BCUT2D eigenvalue weighted by molar-refractivity contribution is 0.0498. The first-order chi connectivity index (χ1) is 15.7. The number of urea groups is 1. The number of hydrogen-bond acceptors (Lipinski definition) is 3. The normalized spacial score (nSPS) is 14.5. The monoisotopic (exact) mass is 449 g/mol. The van der Waals surface area contributed by atoms with Crippen LogP contribution >= 0.6 is 11.6 Å². The Balaban J connectivity index is 1.25. The molecule has 0 bridgehead atoms. The number of piperazine rings is 1. The van der Waals surface area contributed by atoms with E-state index in [1.165, 1.54) is 0 Å². The summed E-state index contributed by atoms with van der Waals surface area (Å²) >= 11 is 6.00. The number of nitrogens with zero attached hydrogens (tertiary/aromatic N) is 2. The molecule has 0 unspecified atom stereocenters. The highest BCUT2D eigenvalue weighted by atomic mass is 35.5. The van der Waals surface area contributed by atoms with Crippen LogP contribution in [0.4, 0.5) is 10.5 Å². The van der Waals surface area contributed by atoms with E-state index in [4.69, 9.17) is 16.3 Å². The molecule has 6 heteroatoms. The van der Waals surface area contributed by atoms with Crippen LogP contribution in [0.15, 0.2) is 84.9 Å². The van der Waals surface area contributed by atoms with Crippen LogP contribution in [0.5, 0.6) is 0 Å². The average Bonchev–Trinajstić information content (AvgIpc) is 2.83. The zero-order chi connectivity index (χ0) is 22.2. The largest absolute Gasteiger partial charge is 0.367 e. The Kier molecular flexibility index (Phi) is 7.77. The van der Waals surface area contributed by atoms with Crippen LogP contribution < -0.4 is 5.32 Å². The third-order valence-corrected chi connectivity index (χ3v) is 5.87. The SMILES string of the molecule is O=C(Nc1cccc(Cl)c1)N1CCN(CCOC(c2ccccc2)c2ccccc2)CC1. The van der Waals surface area contributed by atoms with Gasteiger partial charge in [-0.3, -0.25) is 4.90 Å². The fourth-order valence-electron chi connectivity index (χ4n) is 3.88. The van der Waals surface area contributed by atoms with Gasteiger partial charge in [-0.05, 0) is 29.3 Å². The minimum atomic E-state index is -0.0867. The summed E-state index contributed by atoms with van der Waals surface area (Å²) in [4.78, 5) is 16.7. The average molecular weight is 450 g/mol. The van der Waals surface area contributed by atoms with Gasteiger partial charge < -0.3 is 15.0 Å². The van der Waals surface area contributed by atoms with Gasteiger partial charge in [0.05, 0.1) is 6.61 Å². The number of benzene rings is 3. The Hall–Kier alpha value is -2.86. The van der Waals surface area contributed by atoms with Crippen molar-refractivity contribution in [3.05, 3.63) is 101 Å². The van der Waals surface area contributed by atoms with Crippen molar-refractivity contribution in [2.75, 3.05) is 44.6 Å². The summed E-state index contributed by atoms with van der Waals surface area (Å²) in [7, 11) is 0. The Labute approximate surface area is 194 Å². The van der Waals surface area contributed by atoms with Crippen molar-refractivity contribution in [3.8, 4) is 0 Å². The van der Waals surface area contributed by atoms with E-state index in [2.05, 4.69) is 34.5 Å². The zero-order valence-corrected chi connectivity index (χ0v) is 18.7. The lowest BCUT2D eigenvalue weighted by Crippen LogP contribution is -2.50. The van der Waals surface area contributed by atoms with E-state index in [0.717, 1.165) is 30.8 Å². The number of amides is 2. The number of nitrogens with one attached hydrogen (secondary N) is 1. The first-order valence-electron chi connectivity index (χ1n) is 10.9. The summed E-state index contributed by atoms with van der Waals surface area (Å²) in [5.74, 6) is 0. The van der Waals surface area contributed by atoms with E-state index in [1.807, 2.05) is 53.4 Å². The van der Waals surface area contributed by atoms with E-state index in [9.17, 15) is 4.79 Å². The maximum absolute atomic E-state index is 12.5. The van der Waals surface area contributed by atoms with Gasteiger partial charge in [0.25, 0.3) is 0 Å². The molecule has 0 atom stereocenters. The van der Waals surface area contributed by atoms with Crippen molar-refractivity contribution in [1.82, 2.24) is 9.80 Å². The highest BCUT2D eigenvalue weighted by Crippen LogP contribution is 2.25. The van der Waals surface area contributed by atoms with Gasteiger partial charge >= 0.3 is 6.03 Å². The molecule has 0 spiro atoms. The van der Waals surface area contributed by atoms with Crippen molar-refractivity contribution < 1.29 is 9.53 Å². The molecule has 1 saturated heterocycles. The molecule has 5 nitrogen and oxygen atoms in total. The summed E-state index contributed by atoms with van der Waals surface area (Å²) in [5.41, 5.74) is 3.02. The van der Waals surface area contributed by atoms with Crippen molar-refractivity contribution in [2.45, 2.75) is 6.10 Å². The lowest BCUT2D eigenvalue weighted by Gasteiger charge is -2.34. The van der Waals surface area contributed by atoms with Gasteiger partial charge in [-0.1, -0.05) is 78.3 Å². The molecule has 1 heterocycles. The van der Waals surface area contributed by atoms with Crippen molar-refractivity contribution >= 4 is 23.3 Å². The molecule has 4 rings (SSSR count). The van der Waals surface area contributed by atoms with Crippen LogP contribution in [0.3, 0.4) is 0 Å². The molecular weight excluding hydrogens is 422 g/mol. The second-order valence-electron chi connectivity index (χ2n) is 7.84. The number of ether oxygens (including phenoxy) is 1. The standard InChI is InChI=1S/C26H28ClN3O2/c27-23-12-7-13-24(20-23)28-26(31)30-16-14-29(15-17-30)18-19-32-25(21-8-3-1-4-9-21)22-10-5-2-6-11-22/h1-13,20,25H,14-19H2,(H,28,31). The van der Waals surface area contributed by atoms with Gasteiger partial charge in [0.2, 0.25) is 0 Å². The minimum absolute atomic E-state index is 0.0813. The highest BCUT2D eigenvalue weighted by molar-refractivity contribution is 6.30. The Morgan fingerprint density at radius 2 is 1.50 bits per heavy atom. The molecule has 1 aliphatic heterocycles. The fourth-order valence-corrected chi connectivity index (χ4v) is 4.07. The third kappa shape index (κ3) is 6.10. The van der Waals surface area contributed by atoms with Crippen LogP contribution in [0.25, 0.3) is 0 Å². The van der Waals surface area contributed by atoms with Crippen molar-refractivity contribution in [2.24, 2.45) is 0 Å². The second-order valence-corrected chi connectivity index (χ2v) is 8.28. The molecule has 0 aromatic heterocycles. The first-order valence-corrected chi connectivity index (χ1v) is 11.3. The molecule has 32 heavy (non-hydrogen) atoms. The third-order valence-electron chi connectivity index (χ3n) is 5.63. The predicted octanol–water partition coefficient (Wildman–Crippen LogP) is 5.30. The summed E-state index contributed by atoms with van der Waals surface area (Å²) in [6.45, 7) is 4.49. The molecule has 0 saturated carbocycles. The van der Waals surface area contributed by atoms with E-state index in [1.54, 1.807) is 12.1 Å². The molecular formula is C26H28ClN3O2. The first kappa shape index (κ1) is 22.3. The smallest absolute Gasteiger partial charge is 0.321 e. The Morgan fingerprint density at radius 3 is 2.09 bits per heavy atom. The topological polar surface area (TPSA) is 44.8 Å².